The number of hydrogen-bond acceptors (Lipinski definition) is 3. The van der Waals surface area contributed by atoms with Gasteiger partial charge in [0.15, 0.2) is 0 Å². The highest BCUT2D eigenvalue weighted by Gasteiger charge is 2.30. The predicted octanol–water partition coefficient (Wildman–Crippen LogP) is 3.27. The summed E-state index contributed by atoms with van der Waals surface area (Å²) in [7, 11) is 0. The quantitative estimate of drug-likeness (QED) is 0.730. The van der Waals surface area contributed by atoms with E-state index in [-0.39, 0.29) is 34.4 Å². The van der Waals surface area contributed by atoms with Crippen LogP contribution in [0.15, 0.2) is 18.2 Å². The molecule has 28 heavy (non-hydrogen) atoms. The standard InChI is InChI=1S/C20H27Cl2N3O3/c1-12(2)10-18(24-19(27)16-5-4-14(21)11-17(16)22)20(28)25-8-6-15(7-9-25)23-13(3)26/h4-5,11-12,15,18H,6-10H2,1-3H3,(H,23,26)(H,24,27). The molecular weight excluding hydrogens is 401 g/mol. The van der Waals surface area contributed by atoms with Crippen LogP contribution in [0.3, 0.4) is 0 Å². The fourth-order valence-electron chi connectivity index (χ4n) is 3.35. The summed E-state index contributed by atoms with van der Waals surface area (Å²) in [5.41, 5.74) is 0.289. The Kier molecular flexibility index (Phi) is 8.13. The fraction of sp³-hybridized carbons (Fsp3) is 0.550. The van der Waals surface area contributed by atoms with Gasteiger partial charge >= 0.3 is 0 Å². The van der Waals surface area contributed by atoms with Crippen LogP contribution in [0.5, 0.6) is 0 Å². The second-order valence-corrected chi connectivity index (χ2v) is 8.42. The van der Waals surface area contributed by atoms with Crippen LogP contribution in [0.2, 0.25) is 10.0 Å². The number of piperidine rings is 1. The molecule has 6 nitrogen and oxygen atoms in total. The summed E-state index contributed by atoms with van der Waals surface area (Å²) >= 11 is 12.0. The molecule has 3 amide bonds. The molecule has 8 heteroatoms. The van der Waals surface area contributed by atoms with Crippen molar-refractivity contribution in [3.63, 3.8) is 0 Å². The summed E-state index contributed by atoms with van der Waals surface area (Å²) in [5, 5.41) is 6.42. The van der Waals surface area contributed by atoms with Gasteiger partial charge in [0.1, 0.15) is 6.04 Å². The third kappa shape index (κ3) is 6.38. The molecule has 0 saturated carbocycles. The van der Waals surface area contributed by atoms with Crippen LogP contribution in [0.1, 0.15) is 50.4 Å². The average molecular weight is 428 g/mol. The van der Waals surface area contributed by atoms with E-state index in [2.05, 4.69) is 10.6 Å². The Labute approximate surface area is 175 Å². The summed E-state index contributed by atoms with van der Waals surface area (Å²) < 4.78 is 0. The Morgan fingerprint density at radius 2 is 1.82 bits per heavy atom. The second kappa shape index (κ2) is 10.1. The van der Waals surface area contributed by atoms with Crippen molar-refractivity contribution in [2.45, 2.75) is 52.1 Å². The number of amides is 3. The lowest BCUT2D eigenvalue weighted by Gasteiger charge is -2.35. The van der Waals surface area contributed by atoms with Crippen molar-refractivity contribution < 1.29 is 14.4 Å². The van der Waals surface area contributed by atoms with E-state index in [9.17, 15) is 14.4 Å². The van der Waals surface area contributed by atoms with E-state index in [1.807, 2.05) is 13.8 Å². The van der Waals surface area contributed by atoms with Crippen molar-refractivity contribution >= 4 is 40.9 Å². The average Bonchev–Trinajstić information content (AvgIpc) is 2.60. The maximum absolute atomic E-state index is 13.0. The molecule has 1 fully saturated rings. The molecule has 0 radical (unpaired) electrons. The highest BCUT2D eigenvalue weighted by Crippen LogP contribution is 2.22. The van der Waals surface area contributed by atoms with Crippen LogP contribution in [0.25, 0.3) is 0 Å². The highest BCUT2D eigenvalue weighted by atomic mass is 35.5. The van der Waals surface area contributed by atoms with Crippen LogP contribution in [-0.2, 0) is 9.59 Å². The smallest absolute Gasteiger partial charge is 0.253 e. The minimum absolute atomic E-state index is 0.0606. The number of halogens is 2. The lowest BCUT2D eigenvalue weighted by Crippen LogP contribution is -2.53. The molecule has 1 unspecified atom stereocenters. The van der Waals surface area contributed by atoms with Gasteiger partial charge in [-0.25, -0.2) is 0 Å². The molecule has 2 N–H and O–H groups in total. The molecule has 2 rings (SSSR count). The molecule has 154 valence electrons. The van der Waals surface area contributed by atoms with Gasteiger partial charge in [-0.3, -0.25) is 14.4 Å². The van der Waals surface area contributed by atoms with Gasteiger partial charge in [-0.15, -0.1) is 0 Å². The molecule has 1 aromatic rings. The van der Waals surface area contributed by atoms with Crippen molar-refractivity contribution in [2.75, 3.05) is 13.1 Å². The van der Waals surface area contributed by atoms with Crippen molar-refractivity contribution in [2.24, 2.45) is 5.92 Å². The zero-order valence-electron chi connectivity index (χ0n) is 16.4. The minimum atomic E-state index is -0.628. The van der Waals surface area contributed by atoms with E-state index in [1.165, 1.54) is 13.0 Å². The summed E-state index contributed by atoms with van der Waals surface area (Å²) in [4.78, 5) is 38.7. The number of hydrogen-bond donors (Lipinski definition) is 2. The van der Waals surface area contributed by atoms with E-state index >= 15 is 0 Å². The lowest BCUT2D eigenvalue weighted by atomic mass is 9.99. The first kappa shape index (κ1) is 22.5. The fourth-order valence-corrected chi connectivity index (χ4v) is 3.85. The van der Waals surface area contributed by atoms with Crippen molar-refractivity contribution in [1.29, 1.82) is 0 Å². The summed E-state index contributed by atoms with van der Waals surface area (Å²) in [6.07, 6.45) is 1.94. The number of carbonyl (C=O) groups is 3. The monoisotopic (exact) mass is 427 g/mol. The van der Waals surface area contributed by atoms with Gasteiger partial charge in [0.05, 0.1) is 10.6 Å². The van der Waals surface area contributed by atoms with E-state index in [0.717, 1.165) is 0 Å². The summed E-state index contributed by atoms with van der Waals surface area (Å²) in [5.74, 6) is -0.330. The van der Waals surface area contributed by atoms with Crippen molar-refractivity contribution in [3.05, 3.63) is 33.8 Å². The molecule has 1 saturated heterocycles. The van der Waals surface area contributed by atoms with Gasteiger partial charge in [-0.2, -0.15) is 0 Å². The summed E-state index contributed by atoms with van der Waals surface area (Å²) in [6, 6.07) is 4.11. The van der Waals surface area contributed by atoms with E-state index in [1.54, 1.807) is 17.0 Å². The normalized spacial score (nSPS) is 16.0. The van der Waals surface area contributed by atoms with Gasteiger partial charge < -0.3 is 15.5 Å². The molecule has 1 aromatic carbocycles. The molecule has 1 atom stereocenters. The first-order valence-electron chi connectivity index (χ1n) is 9.49. The van der Waals surface area contributed by atoms with Gasteiger partial charge in [-0.05, 0) is 43.4 Å². The topological polar surface area (TPSA) is 78.5 Å². The number of likely N-dealkylation sites (tertiary alicyclic amines) is 1. The molecular formula is C20H27Cl2N3O3. The van der Waals surface area contributed by atoms with Crippen LogP contribution in [0.4, 0.5) is 0 Å². The van der Waals surface area contributed by atoms with Crippen molar-refractivity contribution in [3.8, 4) is 0 Å². The van der Waals surface area contributed by atoms with Gasteiger partial charge in [0.2, 0.25) is 11.8 Å². The number of nitrogens with one attached hydrogen (secondary N) is 2. The molecule has 1 heterocycles. The number of nitrogens with zero attached hydrogens (tertiary/aromatic N) is 1. The van der Waals surface area contributed by atoms with Crippen molar-refractivity contribution in [1.82, 2.24) is 15.5 Å². The summed E-state index contributed by atoms with van der Waals surface area (Å²) in [6.45, 7) is 6.61. The molecule has 0 bridgehead atoms. The first-order valence-corrected chi connectivity index (χ1v) is 10.2. The van der Waals surface area contributed by atoms with Crippen LogP contribution >= 0.6 is 23.2 Å². The largest absolute Gasteiger partial charge is 0.353 e. The zero-order valence-corrected chi connectivity index (χ0v) is 17.9. The predicted molar refractivity (Wildman–Crippen MR) is 111 cm³/mol. The first-order chi connectivity index (χ1) is 13.2. The maximum atomic E-state index is 13.0. The number of carbonyl (C=O) groups excluding carboxylic acids is 3. The molecule has 1 aliphatic rings. The molecule has 0 aromatic heterocycles. The number of rotatable bonds is 6. The Morgan fingerprint density at radius 1 is 1.18 bits per heavy atom. The van der Waals surface area contributed by atoms with Crippen LogP contribution in [-0.4, -0.2) is 47.8 Å². The van der Waals surface area contributed by atoms with E-state index < -0.39 is 11.9 Å². The molecule has 0 spiro atoms. The Bertz CT molecular complexity index is 731. The van der Waals surface area contributed by atoms with Crippen LogP contribution in [0, 0.1) is 5.92 Å². The maximum Gasteiger partial charge on any atom is 0.253 e. The highest BCUT2D eigenvalue weighted by molar-refractivity contribution is 6.36. The van der Waals surface area contributed by atoms with E-state index in [0.29, 0.717) is 37.4 Å². The Morgan fingerprint density at radius 3 is 2.36 bits per heavy atom. The minimum Gasteiger partial charge on any atom is -0.353 e. The SMILES string of the molecule is CC(=O)NC1CCN(C(=O)C(CC(C)C)NC(=O)c2ccc(Cl)cc2Cl)CC1. The number of benzene rings is 1. The van der Waals surface area contributed by atoms with Crippen LogP contribution < -0.4 is 10.6 Å². The zero-order chi connectivity index (χ0) is 20.8. The van der Waals surface area contributed by atoms with Gasteiger partial charge in [0.25, 0.3) is 5.91 Å². The Hall–Kier alpha value is -1.79. The lowest BCUT2D eigenvalue weighted by molar-refractivity contribution is -0.134. The third-order valence-corrected chi connectivity index (χ3v) is 5.25. The van der Waals surface area contributed by atoms with Gasteiger partial charge in [-0.1, -0.05) is 37.0 Å². The second-order valence-electron chi connectivity index (χ2n) is 7.58. The molecule has 1 aliphatic heterocycles. The van der Waals surface area contributed by atoms with Gasteiger partial charge in [0, 0.05) is 31.1 Å². The molecule has 0 aliphatic carbocycles. The van der Waals surface area contributed by atoms with E-state index in [4.69, 9.17) is 23.2 Å². The Balaban J connectivity index is 2.05. The third-order valence-electron chi connectivity index (χ3n) is 4.70.